The zero-order chi connectivity index (χ0) is 16.1. The molecule has 21 heavy (non-hydrogen) atoms. The van der Waals surface area contributed by atoms with E-state index >= 15 is 0 Å². The van der Waals surface area contributed by atoms with Gasteiger partial charge in [0.15, 0.2) is 0 Å². The van der Waals surface area contributed by atoms with Crippen molar-refractivity contribution in [3.8, 4) is 0 Å². The average molecular weight is 287 g/mol. The minimum atomic E-state index is -1.79. The number of aliphatic carboxylic acids is 1. The van der Waals surface area contributed by atoms with Crippen LogP contribution in [0.25, 0.3) is 0 Å². The molecule has 0 spiro atoms. The molecular weight excluding hydrogens is 263 g/mol. The Morgan fingerprint density at radius 3 is 1.67 bits per heavy atom. The van der Waals surface area contributed by atoms with E-state index in [1.54, 1.807) is 0 Å². The van der Waals surface area contributed by atoms with E-state index in [9.17, 15) is 9.59 Å². The summed E-state index contributed by atoms with van der Waals surface area (Å²) in [6.45, 7) is 0.543. The van der Waals surface area contributed by atoms with Crippen LogP contribution in [-0.4, -0.2) is 47.1 Å². The van der Waals surface area contributed by atoms with Gasteiger partial charge in [-0.25, -0.2) is 0 Å². The molecule has 112 valence electrons. The number of carbonyl (C=O) groups excluding carboxylic acids is 1. The van der Waals surface area contributed by atoms with Crippen molar-refractivity contribution in [1.29, 1.82) is 0 Å². The molecule has 0 aliphatic carbocycles. The van der Waals surface area contributed by atoms with Crippen molar-refractivity contribution < 1.29 is 14.7 Å². The third-order valence-electron chi connectivity index (χ3n) is 3.25. The van der Waals surface area contributed by atoms with Crippen LogP contribution in [0.3, 0.4) is 0 Å². The molecule has 7 heteroatoms. The summed E-state index contributed by atoms with van der Waals surface area (Å²) in [5, 5.41) is 9.29. The van der Waals surface area contributed by atoms with Crippen LogP contribution in [0.4, 0.5) is 0 Å². The van der Waals surface area contributed by atoms with Crippen molar-refractivity contribution in [2.24, 2.45) is 0 Å². The number of nitrogens with one attached hydrogen (secondary N) is 1. The van der Waals surface area contributed by atoms with E-state index in [1.807, 2.05) is 0 Å². The first kappa shape index (κ1) is 20.1. The molecule has 0 aromatic heterocycles. The molecule has 0 rings (SSSR count). The van der Waals surface area contributed by atoms with Gasteiger partial charge in [-0.2, -0.15) is 0 Å². The molecule has 0 saturated heterocycles. The fraction of sp³-hybridized carbons (Fsp3) is 0.857. The number of rotatable bonds is 13. The predicted molar refractivity (Wildman–Crippen MR) is 86.8 cm³/mol. The van der Waals surface area contributed by atoms with E-state index in [1.165, 1.54) is 12.8 Å². The first-order valence-electron chi connectivity index (χ1n) is 7.70. The molecule has 0 unspecified atom stereocenters. The van der Waals surface area contributed by atoms with Crippen molar-refractivity contribution in [3.63, 3.8) is 0 Å². The number of carbonyl (C=O) groups is 2. The lowest BCUT2D eigenvalue weighted by atomic mass is 9.42. The summed E-state index contributed by atoms with van der Waals surface area (Å²) in [6.07, 6.45) is 9.73. The maximum absolute atomic E-state index is 11.2. The maximum atomic E-state index is 11.2. The Morgan fingerprint density at radius 1 is 0.810 bits per heavy atom. The number of unbranched alkanes of at least 4 members (excludes halogenated alkanes) is 8. The summed E-state index contributed by atoms with van der Waals surface area (Å²) in [7, 11) is 15.7. The van der Waals surface area contributed by atoms with Gasteiger partial charge in [-0.05, 0) is 12.8 Å². The lowest BCUT2D eigenvalue weighted by molar-refractivity contribution is -0.137. The molecule has 2 N–H and O–H groups in total. The van der Waals surface area contributed by atoms with E-state index in [0.717, 1.165) is 44.9 Å². The van der Waals surface area contributed by atoms with Gasteiger partial charge in [0.05, 0.1) is 23.5 Å². The van der Waals surface area contributed by atoms with Gasteiger partial charge in [0, 0.05) is 13.0 Å². The van der Waals surface area contributed by atoms with Crippen LogP contribution in [0.15, 0.2) is 0 Å². The number of hydrogen-bond acceptors (Lipinski definition) is 2. The SMILES string of the molecule is [B]C([B])([B])C(=O)NCCCCCCCCCCCC(=O)O. The number of amides is 1. The van der Waals surface area contributed by atoms with Crippen molar-refractivity contribution in [1.82, 2.24) is 5.32 Å². The number of carboxylic acid groups (broad SMARTS) is 1. The molecule has 1 amide bonds. The Balaban J connectivity index is 3.20. The van der Waals surface area contributed by atoms with E-state index < -0.39 is 17.0 Å². The highest BCUT2D eigenvalue weighted by atomic mass is 16.4. The van der Waals surface area contributed by atoms with Crippen LogP contribution >= 0.6 is 0 Å². The van der Waals surface area contributed by atoms with Gasteiger partial charge in [-0.3, -0.25) is 9.59 Å². The number of hydrogen-bond donors (Lipinski definition) is 2. The molecule has 0 aliphatic rings. The fourth-order valence-corrected chi connectivity index (χ4v) is 1.99. The molecule has 0 heterocycles. The van der Waals surface area contributed by atoms with Gasteiger partial charge >= 0.3 is 5.97 Å². The molecule has 0 atom stereocenters. The van der Waals surface area contributed by atoms with Crippen molar-refractivity contribution >= 4 is 35.4 Å². The third kappa shape index (κ3) is 13.9. The monoisotopic (exact) mass is 287 g/mol. The second-order valence-corrected chi connectivity index (χ2v) is 5.51. The minimum Gasteiger partial charge on any atom is -0.481 e. The molecule has 0 bridgehead atoms. The lowest BCUT2D eigenvalue weighted by Gasteiger charge is -2.18. The minimum absolute atomic E-state index is 0.279. The maximum Gasteiger partial charge on any atom is 0.303 e. The lowest BCUT2D eigenvalue weighted by Crippen LogP contribution is -2.37. The molecular formula is C14H24B3NO3. The molecule has 0 aromatic rings. The summed E-state index contributed by atoms with van der Waals surface area (Å²) < 4.78 is 0. The van der Waals surface area contributed by atoms with Crippen molar-refractivity contribution in [2.75, 3.05) is 6.54 Å². The first-order valence-corrected chi connectivity index (χ1v) is 7.70. The van der Waals surface area contributed by atoms with Gasteiger partial charge in [0.2, 0.25) is 5.91 Å². The summed E-state index contributed by atoms with van der Waals surface area (Å²) in [5.74, 6) is -1.25. The van der Waals surface area contributed by atoms with Crippen molar-refractivity contribution in [2.45, 2.75) is 69.3 Å². The van der Waals surface area contributed by atoms with Crippen LogP contribution in [-0.2, 0) is 9.59 Å². The van der Waals surface area contributed by atoms with Gasteiger partial charge < -0.3 is 10.4 Å². The third-order valence-corrected chi connectivity index (χ3v) is 3.25. The molecule has 0 saturated carbocycles. The first-order chi connectivity index (χ1) is 9.84. The van der Waals surface area contributed by atoms with E-state index in [4.69, 9.17) is 28.6 Å². The summed E-state index contributed by atoms with van der Waals surface area (Å²) in [6, 6.07) is 0. The smallest absolute Gasteiger partial charge is 0.303 e. The second kappa shape index (κ2) is 11.8. The van der Waals surface area contributed by atoms with Crippen LogP contribution < -0.4 is 5.32 Å². The van der Waals surface area contributed by atoms with Gasteiger partial charge in [0.1, 0.15) is 0 Å². The van der Waals surface area contributed by atoms with Gasteiger partial charge in [-0.1, -0.05) is 50.1 Å². The standard InChI is InChI=1S/C14H24B3NO3/c15-14(16,17)13(21)18-11-9-7-5-3-1-2-4-6-8-10-12(19)20/h1-11H2,(H,18,21)(H,19,20). The molecule has 0 aliphatic heterocycles. The van der Waals surface area contributed by atoms with Crippen LogP contribution in [0.5, 0.6) is 0 Å². The Bertz CT molecular complexity index is 306. The highest BCUT2D eigenvalue weighted by Crippen LogP contribution is 2.11. The molecule has 4 nitrogen and oxygen atoms in total. The largest absolute Gasteiger partial charge is 0.481 e. The average Bonchev–Trinajstić information content (AvgIpc) is 2.38. The highest BCUT2D eigenvalue weighted by Gasteiger charge is 2.18. The predicted octanol–water partition coefficient (Wildman–Crippen LogP) is 1.67. The van der Waals surface area contributed by atoms with Crippen LogP contribution in [0, 0.1) is 0 Å². The van der Waals surface area contributed by atoms with Crippen LogP contribution in [0.1, 0.15) is 64.2 Å². The zero-order valence-electron chi connectivity index (χ0n) is 12.8. The van der Waals surface area contributed by atoms with E-state index in [0.29, 0.717) is 6.54 Å². The van der Waals surface area contributed by atoms with E-state index in [2.05, 4.69) is 5.32 Å². The van der Waals surface area contributed by atoms with Crippen LogP contribution in [0.2, 0.25) is 5.11 Å². The Morgan fingerprint density at radius 2 is 1.24 bits per heavy atom. The summed E-state index contributed by atoms with van der Waals surface area (Å²) in [4.78, 5) is 21.6. The fourth-order valence-electron chi connectivity index (χ4n) is 1.99. The van der Waals surface area contributed by atoms with Gasteiger partial charge in [0.25, 0.3) is 0 Å². The zero-order valence-corrected chi connectivity index (χ0v) is 12.8. The second-order valence-electron chi connectivity index (χ2n) is 5.51. The Hall–Kier alpha value is -0.865. The molecule has 6 radical (unpaired) electrons. The highest BCUT2D eigenvalue weighted by molar-refractivity contribution is 6.68. The normalized spacial score (nSPS) is 11.2. The Labute approximate surface area is 132 Å². The Kier molecular flexibility index (Phi) is 11.3. The molecule has 0 fully saturated rings. The van der Waals surface area contributed by atoms with Gasteiger partial charge in [-0.15, -0.1) is 0 Å². The summed E-state index contributed by atoms with van der Waals surface area (Å²) in [5.41, 5.74) is 0. The summed E-state index contributed by atoms with van der Waals surface area (Å²) >= 11 is 0. The molecule has 0 aromatic carbocycles. The number of carboxylic acids is 1. The van der Waals surface area contributed by atoms with Crippen molar-refractivity contribution in [3.05, 3.63) is 0 Å². The topological polar surface area (TPSA) is 66.4 Å². The van der Waals surface area contributed by atoms with E-state index in [-0.39, 0.29) is 6.42 Å². The quantitative estimate of drug-likeness (QED) is 0.400.